The average molecular weight is 135 g/mol. The first-order valence-electron chi connectivity index (χ1n) is 2.93. The van der Waals surface area contributed by atoms with Gasteiger partial charge in [0.2, 0.25) is 0 Å². The topological polar surface area (TPSA) is 63.9 Å². The van der Waals surface area contributed by atoms with Gasteiger partial charge in [-0.2, -0.15) is 5.06 Å². The van der Waals surface area contributed by atoms with E-state index in [9.17, 15) is 0 Å². The molecule has 0 saturated heterocycles. The summed E-state index contributed by atoms with van der Waals surface area (Å²) >= 11 is 0. The molecule has 0 unspecified atom stereocenters. The lowest BCUT2D eigenvalue weighted by Crippen LogP contribution is -2.37. The van der Waals surface area contributed by atoms with E-state index in [-0.39, 0.29) is 13.2 Å². The molecule has 0 aromatic rings. The van der Waals surface area contributed by atoms with Crippen molar-refractivity contribution in [1.82, 2.24) is 5.06 Å². The Morgan fingerprint density at radius 2 is 1.78 bits per heavy atom. The van der Waals surface area contributed by atoms with Gasteiger partial charge in [-0.05, 0) is 0 Å². The van der Waals surface area contributed by atoms with Crippen LogP contribution in [-0.2, 0) is 0 Å². The first-order chi connectivity index (χ1) is 4.26. The minimum atomic E-state index is -0.532. The second-order valence-electron chi connectivity index (χ2n) is 1.77. The van der Waals surface area contributed by atoms with Gasteiger partial charge in [0.1, 0.15) is 0 Å². The van der Waals surface area contributed by atoms with Crippen molar-refractivity contribution in [3.8, 4) is 0 Å². The molecular weight excluding hydrogens is 122 g/mol. The van der Waals surface area contributed by atoms with Gasteiger partial charge in [0, 0.05) is 6.54 Å². The van der Waals surface area contributed by atoms with Crippen molar-refractivity contribution in [2.24, 2.45) is 0 Å². The largest absolute Gasteiger partial charge is 0.395 e. The number of likely N-dealkylation sites (N-methyl/N-ethyl adjacent to an activating group) is 1. The minimum absolute atomic E-state index is 0.221. The van der Waals surface area contributed by atoms with Crippen LogP contribution in [0.25, 0.3) is 0 Å². The SMILES string of the molecule is CCN(O)C(CO)CO. The Balaban J connectivity index is 3.50. The summed E-state index contributed by atoms with van der Waals surface area (Å²) < 4.78 is 0. The third kappa shape index (κ3) is 2.76. The number of hydroxylamine groups is 2. The molecule has 0 aromatic carbocycles. The van der Waals surface area contributed by atoms with Crippen LogP contribution in [0.2, 0.25) is 0 Å². The van der Waals surface area contributed by atoms with Gasteiger partial charge in [0.25, 0.3) is 0 Å². The van der Waals surface area contributed by atoms with Crippen LogP contribution in [-0.4, -0.2) is 46.3 Å². The molecule has 0 aliphatic heterocycles. The lowest BCUT2D eigenvalue weighted by molar-refractivity contribution is -0.144. The molecule has 0 aromatic heterocycles. The zero-order valence-electron chi connectivity index (χ0n) is 5.49. The monoisotopic (exact) mass is 135 g/mol. The van der Waals surface area contributed by atoms with Crippen molar-refractivity contribution >= 4 is 0 Å². The Morgan fingerprint density at radius 3 is 1.89 bits per heavy atom. The normalized spacial score (nSPS) is 11.3. The Labute approximate surface area is 54.3 Å². The van der Waals surface area contributed by atoms with E-state index < -0.39 is 6.04 Å². The summed E-state index contributed by atoms with van der Waals surface area (Å²) in [7, 11) is 0. The predicted octanol–water partition coefficient (Wildman–Crippen LogP) is -0.949. The maximum atomic E-state index is 8.83. The molecule has 0 aliphatic rings. The lowest BCUT2D eigenvalue weighted by Gasteiger charge is -2.19. The number of nitrogens with zero attached hydrogens (tertiary/aromatic N) is 1. The van der Waals surface area contributed by atoms with E-state index in [1.165, 1.54) is 0 Å². The second kappa shape index (κ2) is 4.69. The standard InChI is InChI=1S/C5H13NO3/c1-2-6(9)5(3-7)4-8/h5,7-9H,2-4H2,1H3. The maximum Gasteiger partial charge on any atom is 0.0811 e. The Morgan fingerprint density at radius 1 is 1.33 bits per heavy atom. The van der Waals surface area contributed by atoms with Crippen LogP contribution in [0.3, 0.4) is 0 Å². The van der Waals surface area contributed by atoms with Gasteiger partial charge < -0.3 is 15.4 Å². The number of aliphatic hydroxyl groups is 2. The molecular formula is C5H13NO3. The summed E-state index contributed by atoms with van der Waals surface area (Å²) in [6.45, 7) is 1.70. The van der Waals surface area contributed by atoms with E-state index in [0.29, 0.717) is 6.54 Å². The molecule has 0 atom stereocenters. The molecule has 0 fully saturated rings. The van der Waals surface area contributed by atoms with Gasteiger partial charge in [0.05, 0.1) is 19.3 Å². The molecule has 56 valence electrons. The fourth-order valence-corrected chi connectivity index (χ4v) is 0.504. The van der Waals surface area contributed by atoms with E-state index in [2.05, 4.69) is 0 Å². The molecule has 0 amide bonds. The van der Waals surface area contributed by atoms with Crippen LogP contribution < -0.4 is 0 Å². The van der Waals surface area contributed by atoms with Crippen LogP contribution >= 0.6 is 0 Å². The van der Waals surface area contributed by atoms with E-state index in [0.717, 1.165) is 5.06 Å². The third-order valence-electron chi connectivity index (χ3n) is 1.17. The summed E-state index contributed by atoms with van der Waals surface area (Å²) in [6, 6.07) is -0.532. The third-order valence-corrected chi connectivity index (χ3v) is 1.17. The quantitative estimate of drug-likeness (QED) is 0.435. The summed E-state index contributed by atoms with van der Waals surface area (Å²) in [6.07, 6.45) is 0. The summed E-state index contributed by atoms with van der Waals surface area (Å²) in [5, 5.41) is 26.7. The van der Waals surface area contributed by atoms with Crippen molar-refractivity contribution in [3.63, 3.8) is 0 Å². The second-order valence-corrected chi connectivity index (χ2v) is 1.77. The highest BCUT2D eigenvalue weighted by Gasteiger charge is 2.11. The Bertz CT molecular complexity index is 65.2. The van der Waals surface area contributed by atoms with Crippen molar-refractivity contribution < 1.29 is 15.4 Å². The fraction of sp³-hybridized carbons (Fsp3) is 1.00. The lowest BCUT2D eigenvalue weighted by atomic mass is 10.3. The number of aliphatic hydroxyl groups excluding tert-OH is 2. The van der Waals surface area contributed by atoms with Crippen LogP contribution in [0.15, 0.2) is 0 Å². The summed E-state index contributed by atoms with van der Waals surface area (Å²) in [5.41, 5.74) is 0. The molecule has 0 aliphatic carbocycles. The molecule has 0 radical (unpaired) electrons. The van der Waals surface area contributed by atoms with E-state index >= 15 is 0 Å². The van der Waals surface area contributed by atoms with Gasteiger partial charge in [-0.1, -0.05) is 6.92 Å². The van der Waals surface area contributed by atoms with Crippen LogP contribution in [0.5, 0.6) is 0 Å². The summed E-state index contributed by atoms with van der Waals surface area (Å²) in [5.74, 6) is 0. The average Bonchev–Trinajstić information content (AvgIpc) is 1.90. The molecule has 0 saturated carbocycles. The van der Waals surface area contributed by atoms with Gasteiger partial charge in [-0.15, -0.1) is 0 Å². The molecule has 4 heteroatoms. The number of rotatable bonds is 4. The minimum Gasteiger partial charge on any atom is -0.395 e. The van der Waals surface area contributed by atoms with Crippen LogP contribution in [0.1, 0.15) is 6.92 Å². The van der Waals surface area contributed by atoms with Gasteiger partial charge in [-0.3, -0.25) is 0 Å². The zero-order chi connectivity index (χ0) is 7.28. The van der Waals surface area contributed by atoms with Crippen molar-refractivity contribution in [2.45, 2.75) is 13.0 Å². The van der Waals surface area contributed by atoms with E-state index in [1.807, 2.05) is 0 Å². The molecule has 4 nitrogen and oxygen atoms in total. The highest BCUT2D eigenvalue weighted by molar-refractivity contribution is 4.59. The molecule has 0 bridgehead atoms. The Kier molecular flexibility index (Phi) is 4.61. The molecule has 0 spiro atoms. The predicted molar refractivity (Wildman–Crippen MR) is 32.1 cm³/mol. The first-order valence-corrected chi connectivity index (χ1v) is 2.93. The fourth-order valence-electron chi connectivity index (χ4n) is 0.504. The molecule has 9 heavy (non-hydrogen) atoms. The van der Waals surface area contributed by atoms with Gasteiger partial charge >= 0.3 is 0 Å². The molecule has 3 N–H and O–H groups in total. The van der Waals surface area contributed by atoms with Gasteiger partial charge in [0.15, 0.2) is 0 Å². The highest BCUT2D eigenvalue weighted by Crippen LogP contribution is 1.91. The molecule has 0 heterocycles. The molecule has 0 rings (SSSR count). The zero-order valence-corrected chi connectivity index (χ0v) is 5.49. The smallest absolute Gasteiger partial charge is 0.0811 e. The number of hydrogen-bond donors (Lipinski definition) is 3. The van der Waals surface area contributed by atoms with Gasteiger partial charge in [-0.25, -0.2) is 0 Å². The number of hydrogen-bond acceptors (Lipinski definition) is 4. The van der Waals surface area contributed by atoms with Crippen molar-refractivity contribution in [1.29, 1.82) is 0 Å². The maximum absolute atomic E-state index is 8.83. The van der Waals surface area contributed by atoms with Crippen LogP contribution in [0, 0.1) is 0 Å². The summed E-state index contributed by atoms with van der Waals surface area (Å²) in [4.78, 5) is 0. The van der Waals surface area contributed by atoms with Crippen molar-refractivity contribution in [2.75, 3.05) is 19.8 Å². The highest BCUT2D eigenvalue weighted by atomic mass is 16.5. The van der Waals surface area contributed by atoms with Crippen LogP contribution in [0.4, 0.5) is 0 Å². The first kappa shape index (κ1) is 8.84. The van der Waals surface area contributed by atoms with Crippen molar-refractivity contribution in [3.05, 3.63) is 0 Å². The van der Waals surface area contributed by atoms with E-state index in [1.54, 1.807) is 6.92 Å². The Hall–Kier alpha value is -0.160. The van der Waals surface area contributed by atoms with E-state index in [4.69, 9.17) is 15.4 Å².